The number of aromatic nitrogens is 1. The topological polar surface area (TPSA) is 19.4 Å². The average molecular weight is 294 g/mol. The van der Waals surface area contributed by atoms with Crippen LogP contribution in [0, 0.1) is 0 Å². The van der Waals surface area contributed by atoms with Crippen LogP contribution in [0.3, 0.4) is 0 Å². The molecule has 2 aromatic rings. The molecule has 1 aliphatic rings. The van der Waals surface area contributed by atoms with Gasteiger partial charge in [-0.05, 0) is 11.6 Å². The van der Waals surface area contributed by atoms with Crippen LogP contribution in [0.4, 0.5) is 5.13 Å². The summed E-state index contributed by atoms with van der Waals surface area (Å²) in [6.07, 6.45) is 1.87. The minimum atomic E-state index is 0.866. The molecule has 0 amide bonds. The summed E-state index contributed by atoms with van der Waals surface area (Å²) in [5.41, 5.74) is 1.21. The van der Waals surface area contributed by atoms with Crippen molar-refractivity contribution in [1.29, 1.82) is 0 Å². The molecule has 1 aliphatic heterocycles. The van der Waals surface area contributed by atoms with Crippen LogP contribution in [0.1, 0.15) is 5.56 Å². The van der Waals surface area contributed by atoms with Gasteiger partial charge in [-0.15, -0.1) is 11.3 Å². The Balaban J connectivity index is 1.57. The van der Waals surface area contributed by atoms with Crippen LogP contribution in [-0.2, 0) is 6.54 Å². The van der Waals surface area contributed by atoms with Gasteiger partial charge in [0.2, 0.25) is 0 Å². The van der Waals surface area contributed by atoms with E-state index in [1.807, 2.05) is 29.8 Å². The quantitative estimate of drug-likeness (QED) is 0.867. The van der Waals surface area contributed by atoms with Gasteiger partial charge < -0.3 is 4.90 Å². The fourth-order valence-electron chi connectivity index (χ4n) is 2.34. The Morgan fingerprint density at radius 2 is 1.95 bits per heavy atom. The van der Waals surface area contributed by atoms with E-state index in [0.717, 1.165) is 42.9 Å². The Labute approximate surface area is 122 Å². The molecule has 3 nitrogen and oxygen atoms in total. The molecule has 3 rings (SSSR count). The largest absolute Gasteiger partial charge is 0.346 e. The van der Waals surface area contributed by atoms with E-state index in [4.69, 9.17) is 11.6 Å². The lowest BCUT2D eigenvalue weighted by Gasteiger charge is -2.34. The summed E-state index contributed by atoms with van der Waals surface area (Å²) in [6.45, 7) is 5.14. The summed E-state index contributed by atoms with van der Waals surface area (Å²) < 4.78 is 0. The molecule has 0 unspecified atom stereocenters. The maximum atomic E-state index is 6.21. The average Bonchev–Trinajstić information content (AvgIpc) is 2.96. The van der Waals surface area contributed by atoms with Gasteiger partial charge in [-0.25, -0.2) is 4.98 Å². The van der Waals surface area contributed by atoms with Gasteiger partial charge in [0.05, 0.1) is 0 Å². The van der Waals surface area contributed by atoms with Crippen molar-refractivity contribution in [1.82, 2.24) is 9.88 Å². The summed E-state index contributed by atoms with van der Waals surface area (Å²) in [5, 5.41) is 4.04. The third kappa shape index (κ3) is 3.08. The molecule has 1 aromatic heterocycles. The molecule has 2 heterocycles. The number of hydrogen-bond acceptors (Lipinski definition) is 4. The van der Waals surface area contributed by atoms with E-state index in [9.17, 15) is 0 Å². The van der Waals surface area contributed by atoms with Gasteiger partial charge in [0.25, 0.3) is 0 Å². The van der Waals surface area contributed by atoms with E-state index in [1.54, 1.807) is 11.3 Å². The Hall–Kier alpha value is -1.10. The minimum absolute atomic E-state index is 0.866. The van der Waals surface area contributed by atoms with Crippen LogP contribution >= 0.6 is 22.9 Å². The fourth-order valence-corrected chi connectivity index (χ4v) is 3.23. The summed E-state index contributed by atoms with van der Waals surface area (Å²) >= 11 is 7.92. The van der Waals surface area contributed by atoms with Crippen LogP contribution in [0.5, 0.6) is 0 Å². The highest BCUT2D eigenvalue weighted by molar-refractivity contribution is 7.13. The van der Waals surface area contributed by atoms with E-state index in [1.165, 1.54) is 5.56 Å². The number of thiazole rings is 1. The number of hydrogen-bond donors (Lipinski definition) is 0. The predicted molar refractivity (Wildman–Crippen MR) is 81.1 cm³/mol. The molecule has 0 spiro atoms. The number of piperazine rings is 1. The summed E-state index contributed by atoms with van der Waals surface area (Å²) in [5.74, 6) is 0. The third-order valence-electron chi connectivity index (χ3n) is 3.41. The van der Waals surface area contributed by atoms with Crippen molar-refractivity contribution >= 4 is 28.1 Å². The molecule has 5 heteroatoms. The van der Waals surface area contributed by atoms with Crippen molar-refractivity contribution in [2.75, 3.05) is 31.1 Å². The number of halogens is 1. The maximum Gasteiger partial charge on any atom is 0.185 e. The normalized spacial score (nSPS) is 16.8. The van der Waals surface area contributed by atoms with E-state index in [2.05, 4.69) is 20.9 Å². The predicted octanol–water partition coefficient (Wildman–Crippen LogP) is 3.12. The first-order chi connectivity index (χ1) is 9.33. The smallest absolute Gasteiger partial charge is 0.185 e. The van der Waals surface area contributed by atoms with Gasteiger partial charge in [0.15, 0.2) is 5.13 Å². The number of nitrogens with zero attached hydrogens (tertiary/aromatic N) is 3. The molecule has 0 bridgehead atoms. The van der Waals surface area contributed by atoms with Crippen molar-refractivity contribution in [3.05, 3.63) is 46.4 Å². The van der Waals surface area contributed by atoms with E-state index in [-0.39, 0.29) is 0 Å². The molecule has 1 fully saturated rings. The zero-order valence-electron chi connectivity index (χ0n) is 10.6. The maximum absolute atomic E-state index is 6.21. The molecule has 19 heavy (non-hydrogen) atoms. The minimum Gasteiger partial charge on any atom is -0.346 e. The second-order valence-electron chi connectivity index (χ2n) is 4.67. The lowest BCUT2D eigenvalue weighted by molar-refractivity contribution is 0.250. The highest BCUT2D eigenvalue weighted by Crippen LogP contribution is 2.21. The molecular weight excluding hydrogens is 278 g/mol. The molecule has 0 atom stereocenters. The van der Waals surface area contributed by atoms with Gasteiger partial charge in [0.1, 0.15) is 0 Å². The highest BCUT2D eigenvalue weighted by Gasteiger charge is 2.19. The van der Waals surface area contributed by atoms with Gasteiger partial charge in [-0.2, -0.15) is 0 Å². The lowest BCUT2D eigenvalue weighted by atomic mass is 10.2. The standard InChI is InChI=1S/C14H16ClN3S/c15-13-4-2-1-3-12(13)11-17-6-8-18(9-7-17)14-16-5-10-19-14/h1-5,10H,6-9,11H2. The first-order valence-electron chi connectivity index (χ1n) is 6.43. The second-order valence-corrected chi connectivity index (χ2v) is 5.95. The number of rotatable bonds is 3. The lowest BCUT2D eigenvalue weighted by Crippen LogP contribution is -2.45. The van der Waals surface area contributed by atoms with Gasteiger partial charge >= 0.3 is 0 Å². The summed E-state index contributed by atoms with van der Waals surface area (Å²) in [4.78, 5) is 9.17. The number of benzene rings is 1. The molecule has 0 radical (unpaired) electrons. The second kappa shape index (κ2) is 5.90. The molecule has 1 aromatic carbocycles. The Morgan fingerprint density at radius 3 is 2.63 bits per heavy atom. The van der Waals surface area contributed by atoms with Crippen molar-refractivity contribution in [3.63, 3.8) is 0 Å². The summed E-state index contributed by atoms with van der Waals surface area (Å²) in [7, 11) is 0. The van der Waals surface area contributed by atoms with Crippen LogP contribution in [-0.4, -0.2) is 36.1 Å². The van der Waals surface area contributed by atoms with E-state index < -0.39 is 0 Å². The van der Waals surface area contributed by atoms with Crippen LogP contribution < -0.4 is 4.90 Å². The molecular formula is C14H16ClN3S. The molecule has 0 aliphatic carbocycles. The van der Waals surface area contributed by atoms with Crippen molar-refractivity contribution in [2.24, 2.45) is 0 Å². The SMILES string of the molecule is Clc1ccccc1CN1CCN(c2nccs2)CC1. The monoisotopic (exact) mass is 293 g/mol. The van der Waals surface area contributed by atoms with Crippen molar-refractivity contribution < 1.29 is 0 Å². The fraction of sp³-hybridized carbons (Fsp3) is 0.357. The molecule has 1 saturated heterocycles. The Kier molecular flexibility index (Phi) is 4.01. The third-order valence-corrected chi connectivity index (χ3v) is 4.61. The van der Waals surface area contributed by atoms with Crippen molar-refractivity contribution in [3.8, 4) is 0 Å². The van der Waals surface area contributed by atoms with Crippen LogP contribution in [0.25, 0.3) is 0 Å². The first-order valence-corrected chi connectivity index (χ1v) is 7.69. The number of anilines is 1. The van der Waals surface area contributed by atoms with E-state index in [0.29, 0.717) is 0 Å². The Bertz CT molecular complexity index is 521. The van der Waals surface area contributed by atoms with Gasteiger partial charge in [0, 0.05) is 49.3 Å². The van der Waals surface area contributed by atoms with Crippen LogP contribution in [0.2, 0.25) is 5.02 Å². The summed E-state index contributed by atoms with van der Waals surface area (Å²) in [6, 6.07) is 8.09. The van der Waals surface area contributed by atoms with Gasteiger partial charge in [-0.1, -0.05) is 29.8 Å². The van der Waals surface area contributed by atoms with Gasteiger partial charge in [-0.3, -0.25) is 4.90 Å². The van der Waals surface area contributed by atoms with Crippen molar-refractivity contribution in [2.45, 2.75) is 6.54 Å². The zero-order chi connectivity index (χ0) is 13.1. The highest BCUT2D eigenvalue weighted by atomic mass is 35.5. The Morgan fingerprint density at radius 1 is 1.16 bits per heavy atom. The molecule has 0 saturated carbocycles. The van der Waals surface area contributed by atoms with Crippen LogP contribution in [0.15, 0.2) is 35.8 Å². The first kappa shape index (κ1) is 12.9. The molecule has 0 N–H and O–H groups in total. The molecule has 100 valence electrons. The zero-order valence-corrected chi connectivity index (χ0v) is 12.2. The van der Waals surface area contributed by atoms with E-state index >= 15 is 0 Å².